The van der Waals surface area contributed by atoms with Crippen LogP contribution in [0.1, 0.15) is 30.9 Å². The van der Waals surface area contributed by atoms with Gasteiger partial charge in [-0.3, -0.25) is 4.79 Å². The largest absolute Gasteiger partial charge is 0.491 e. The van der Waals surface area contributed by atoms with Crippen LogP contribution in [0.2, 0.25) is 0 Å². The Hall–Kier alpha value is -2.33. The molecule has 1 fully saturated rings. The number of hydrogen-bond donors (Lipinski definition) is 0. The van der Waals surface area contributed by atoms with Crippen LogP contribution in [0.15, 0.2) is 54.6 Å². The minimum Gasteiger partial charge on any atom is -0.491 e. The molecule has 2 aromatic rings. The van der Waals surface area contributed by atoms with Crippen molar-refractivity contribution < 1.29 is 14.3 Å². The second-order valence-corrected chi connectivity index (χ2v) is 7.03. The third-order valence-corrected chi connectivity index (χ3v) is 4.67. The van der Waals surface area contributed by atoms with Gasteiger partial charge in [0.15, 0.2) is 0 Å². The molecule has 1 amide bonds. The number of carbonyl (C=O) groups excluding carboxylic acids is 1. The molecular formula is C22H27NO3. The lowest BCUT2D eigenvalue weighted by Gasteiger charge is -2.33. The second kappa shape index (κ2) is 8.86. The lowest BCUT2D eigenvalue weighted by Crippen LogP contribution is -2.48. The average Bonchev–Trinajstić information content (AvgIpc) is 2.67. The Morgan fingerprint density at radius 3 is 2.58 bits per heavy atom. The molecule has 0 unspecified atom stereocenters. The quantitative estimate of drug-likeness (QED) is 0.795. The van der Waals surface area contributed by atoms with E-state index < -0.39 is 0 Å². The number of amides is 1. The summed E-state index contributed by atoms with van der Waals surface area (Å²) in [6.45, 7) is 6.58. The first-order valence-electron chi connectivity index (χ1n) is 9.28. The van der Waals surface area contributed by atoms with E-state index in [1.807, 2.05) is 47.4 Å². The van der Waals surface area contributed by atoms with Gasteiger partial charge >= 0.3 is 0 Å². The van der Waals surface area contributed by atoms with Crippen molar-refractivity contribution in [1.82, 2.24) is 4.90 Å². The summed E-state index contributed by atoms with van der Waals surface area (Å²) in [6, 6.07) is 18.0. The van der Waals surface area contributed by atoms with E-state index in [9.17, 15) is 4.79 Å². The van der Waals surface area contributed by atoms with E-state index >= 15 is 0 Å². The zero-order chi connectivity index (χ0) is 18.4. The minimum atomic E-state index is -0.0896. The van der Waals surface area contributed by atoms with Gasteiger partial charge in [-0.05, 0) is 29.2 Å². The highest BCUT2D eigenvalue weighted by Crippen LogP contribution is 2.19. The Morgan fingerprint density at radius 1 is 1.15 bits per heavy atom. The molecule has 4 heteroatoms. The second-order valence-electron chi connectivity index (χ2n) is 7.03. The van der Waals surface area contributed by atoms with Crippen LogP contribution >= 0.6 is 0 Å². The minimum absolute atomic E-state index is 0.0896. The zero-order valence-electron chi connectivity index (χ0n) is 15.6. The Kier molecular flexibility index (Phi) is 6.29. The van der Waals surface area contributed by atoms with Crippen LogP contribution in [0.3, 0.4) is 0 Å². The summed E-state index contributed by atoms with van der Waals surface area (Å²) in [7, 11) is 0. The van der Waals surface area contributed by atoms with Crippen LogP contribution in [-0.2, 0) is 16.0 Å². The van der Waals surface area contributed by atoms with Gasteiger partial charge in [0.25, 0.3) is 0 Å². The predicted molar refractivity (Wildman–Crippen MR) is 102 cm³/mol. The standard InChI is InChI=1S/C22H27NO3/c1-17(2)19-8-10-20(11-9-19)26-16-21-15-23(12-13-25-21)22(24)14-18-6-4-3-5-7-18/h3-11,17,21H,12-16H2,1-2H3/t21-/m1/s1. The smallest absolute Gasteiger partial charge is 0.227 e. The van der Waals surface area contributed by atoms with E-state index in [4.69, 9.17) is 9.47 Å². The fourth-order valence-electron chi connectivity index (χ4n) is 3.07. The van der Waals surface area contributed by atoms with Crippen LogP contribution in [0.4, 0.5) is 0 Å². The Bertz CT molecular complexity index is 697. The summed E-state index contributed by atoms with van der Waals surface area (Å²) >= 11 is 0. The van der Waals surface area contributed by atoms with Gasteiger partial charge in [0.2, 0.25) is 5.91 Å². The number of nitrogens with zero attached hydrogens (tertiary/aromatic N) is 1. The van der Waals surface area contributed by atoms with Crippen molar-refractivity contribution in [3.05, 3.63) is 65.7 Å². The number of carbonyl (C=O) groups is 1. The third kappa shape index (κ3) is 5.09. The van der Waals surface area contributed by atoms with Crippen molar-refractivity contribution in [2.75, 3.05) is 26.3 Å². The highest BCUT2D eigenvalue weighted by Gasteiger charge is 2.24. The highest BCUT2D eigenvalue weighted by molar-refractivity contribution is 5.78. The Morgan fingerprint density at radius 2 is 1.88 bits per heavy atom. The zero-order valence-corrected chi connectivity index (χ0v) is 15.6. The number of morpholine rings is 1. The molecule has 1 saturated heterocycles. The third-order valence-electron chi connectivity index (χ3n) is 4.67. The van der Waals surface area contributed by atoms with E-state index in [-0.39, 0.29) is 12.0 Å². The summed E-state index contributed by atoms with van der Waals surface area (Å²) in [5, 5.41) is 0. The van der Waals surface area contributed by atoms with Gasteiger partial charge in [-0.25, -0.2) is 0 Å². The van der Waals surface area contributed by atoms with Crippen LogP contribution in [0, 0.1) is 0 Å². The van der Waals surface area contributed by atoms with Gasteiger partial charge in [-0.1, -0.05) is 56.3 Å². The van der Waals surface area contributed by atoms with Crippen molar-refractivity contribution in [3.63, 3.8) is 0 Å². The van der Waals surface area contributed by atoms with E-state index in [1.54, 1.807) is 0 Å². The molecule has 3 rings (SSSR count). The molecule has 2 aromatic carbocycles. The molecule has 0 spiro atoms. The summed E-state index contributed by atoms with van der Waals surface area (Å²) < 4.78 is 11.6. The molecule has 0 N–H and O–H groups in total. The van der Waals surface area contributed by atoms with Crippen LogP contribution in [0.5, 0.6) is 5.75 Å². The molecule has 138 valence electrons. The van der Waals surface area contributed by atoms with Gasteiger partial charge in [0.05, 0.1) is 19.6 Å². The van der Waals surface area contributed by atoms with Crippen molar-refractivity contribution in [2.45, 2.75) is 32.3 Å². The summed E-state index contributed by atoms with van der Waals surface area (Å²) in [6.07, 6.45) is 0.346. The van der Waals surface area contributed by atoms with Crippen LogP contribution in [-0.4, -0.2) is 43.2 Å². The predicted octanol–water partition coefficient (Wildman–Crippen LogP) is 3.66. The Labute approximate surface area is 155 Å². The summed E-state index contributed by atoms with van der Waals surface area (Å²) in [5.41, 5.74) is 2.34. The van der Waals surface area contributed by atoms with E-state index in [0.717, 1.165) is 11.3 Å². The molecule has 0 saturated carbocycles. The van der Waals surface area contributed by atoms with E-state index in [2.05, 4.69) is 26.0 Å². The molecule has 0 radical (unpaired) electrons. The first-order chi connectivity index (χ1) is 12.6. The average molecular weight is 353 g/mol. The fourth-order valence-corrected chi connectivity index (χ4v) is 3.07. The molecule has 4 nitrogen and oxygen atoms in total. The normalized spacial score (nSPS) is 17.3. The lowest BCUT2D eigenvalue weighted by atomic mass is 10.0. The highest BCUT2D eigenvalue weighted by atomic mass is 16.5. The van der Waals surface area contributed by atoms with Gasteiger partial charge in [-0.2, -0.15) is 0 Å². The molecule has 26 heavy (non-hydrogen) atoms. The maximum atomic E-state index is 12.5. The molecule has 1 heterocycles. The SMILES string of the molecule is CC(C)c1ccc(OC[C@H]2CN(C(=O)Cc3ccccc3)CCO2)cc1. The molecule has 0 aromatic heterocycles. The summed E-state index contributed by atoms with van der Waals surface area (Å²) in [4.78, 5) is 14.4. The maximum absolute atomic E-state index is 12.5. The van der Waals surface area contributed by atoms with Crippen molar-refractivity contribution in [1.29, 1.82) is 0 Å². The molecule has 1 aliphatic heterocycles. The van der Waals surface area contributed by atoms with Crippen LogP contribution < -0.4 is 4.74 Å². The number of benzene rings is 2. The Balaban J connectivity index is 1.49. The first kappa shape index (κ1) is 18.5. The van der Waals surface area contributed by atoms with E-state index in [1.165, 1.54) is 5.56 Å². The van der Waals surface area contributed by atoms with Gasteiger partial charge in [-0.15, -0.1) is 0 Å². The van der Waals surface area contributed by atoms with Crippen molar-refractivity contribution in [2.24, 2.45) is 0 Å². The van der Waals surface area contributed by atoms with Gasteiger partial charge in [0.1, 0.15) is 18.5 Å². The number of ether oxygens (including phenoxy) is 2. The van der Waals surface area contributed by atoms with Gasteiger partial charge < -0.3 is 14.4 Å². The van der Waals surface area contributed by atoms with Gasteiger partial charge in [0, 0.05) is 6.54 Å². The molecule has 0 bridgehead atoms. The fraction of sp³-hybridized carbons (Fsp3) is 0.409. The molecular weight excluding hydrogens is 326 g/mol. The topological polar surface area (TPSA) is 38.8 Å². The molecule has 0 aliphatic carbocycles. The van der Waals surface area contributed by atoms with Crippen molar-refractivity contribution in [3.8, 4) is 5.75 Å². The summed E-state index contributed by atoms with van der Waals surface area (Å²) in [5.74, 6) is 1.49. The number of hydrogen-bond acceptors (Lipinski definition) is 3. The molecule has 1 aliphatic rings. The maximum Gasteiger partial charge on any atom is 0.227 e. The van der Waals surface area contributed by atoms with Crippen molar-refractivity contribution >= 4 is 5.91 Å². The monoisotopic (exact) mass is 353 g/mol. The van der Waals surface area contributed by atoms with Crippen LogP contribution in [0.25, 0.3) is 0 Å². The molecule has 1 atom stereocenters. The lowest BCUT2D eigenvalue weighted by molar-refractivity contribution is -0.139. The first-order valence-corrected chi connectivity index (χ1v) is 9.28. The van der Waals surface area contributed by atoms with E-state index in [0.29, 0.717) is 38.6 Å². The number of rotatable bonds is 6.